The van der Waals surface area contributed by atoms with Gasteiger partial charge in [-0.1, -0.05) is 12.8 Å². The van der Waals surface area contributed by atoms with Gasteiger partial charge in [-0.15, -0.1) is 0 Å². The van der Waals surface area contributed by atoms with Crippen LogP contribution in [-0.2, 0) is 9.63 Å². The predicted molar refractivity (Wildman–Crippen MR) is 56.9 cm³/mol. The fourth-order valence-electron chi connectivity index (χ4n) is 2.32. The van der Waals surface area contributed by atoms with Gasteiger partial charge in [0.15, 0.2) is 0 Å². The van der Waals surface area contributed by atoms with E-state index in [4.69, 9.17) is 10.6 Å². The molecule has 2 rings (SSSR count). The lowest BCUT2D eigenvalue weighted by Gasteiger charge is -2.37. The molecule has 0 heterocycles. The van der Waals surface area contributed by atoms with Crippen LogP contribution in [0.1, 0.15) is 51.4 Å². The van der Waals surface area contributed by atoms with Crippen molar-refractivity contribution in [3.63, 3.8) is 0 Å². The third kappa shape index (κ3) is 2.92. The predicted octanol–water partition coefficient (Wildman–Crippen LogP) is 1.25. The Morgan fingerprint density at radius 1 is 1.33 bits per heavy atom. The van der Waals surface area contributed by atoms with E-state index in [1.165, 1.54) is 12.8 Å². The molecule has 0 saturated heterocycles. The molecule has 2 saturated carbocycles. The van der Waals surface area contributed by atoms with E-state index >= 15 is 0 Å². The van der Waals surface area contributed by atoms with Gasteiger partial charge < -0.3 is 5.73 Å². The standard InChI is InChI=1S/C11H20N2O2/c12-11(6-3-7-11)8-10(14)13-15-9-4-1-2-5-9/h9H,1-8,12H2,(H,13,14). The largest absolute Gasteiger partial charge is 0.325 e. The Balaban J connectivity index is 1.63. The summed E-state index contributed by atoms with van der Waals surface area (Å²) in [5.74, 6) is -0.0656. The zero-order valence-electron chi connectivity index (χ0n) is 9.13. The fraction of sp³-hybridized carbons (Fsp3) is 0.909. The third-order valence-electron chi connectivity index (χ3n) is 3.50. The molecule has 4 nitrogen and oxygen atoms in total. The lowest BCUT2D eigenvalue weighted by Crippen LogP contribution is -2.50. The number of amides is 1. The van der Waals surface area contributed by atoms with Crippen molar-refractivity contribution < 1.29 is 9.63 Å². The number of hydrogen-bond donors (Lipinski definition) is 2. The van der Waals surface area contributed by atoms with Crippen LogP contribution in [0.3, 0.4) is 0 Å². The van der Waals surface area contributed by atoms with E-state index in [9.17, 15) is 4.79 Å². The molecule has 2 aliphatic carbocycles. The second-order valence-electron chi connectivity index (χ2n) is 4.94. The van der Waals surface area contributed by atoms with Crippen LogP contribution in [0.2, 0.25) is 0 Å². The Morgan fingerprint density at radius 2 is 2.00 bits per heavy atom. The smallest absolute Gasteiger partial charge is 0.245 e. The molecule has 2 aliphatic rings. The van der Waals surface area contributed by atoms with Gasteiger partial charge in [-0.2, -0.15) is 0 Å². The molecular weight excluding hydrogens is 192 g/mol. The number of nitrogens with two attached hydrogens (primary N) is 1. The molecule has 0 unspecified atom stereocenters. The normalized spacial score (nSPS) is 24.9. The molecule has 2 fully saturated rings. The van der Waals surface area contributed by atoms with Gasteiger partial charge in [0.25, 0.3) is 0 Å². The molecule has 4 heteroatoms. The van der Waals surface area contributed by atoms with Crippen LogP contribution in [0.15, 0.2) is 0 Å². The van der Waals surface area contributed by atoms with Gasteiger partial charge >= 0.3 is 0 Å². The molecule has 0 spiro atoms. The molecule has 0 aromatic heterocycles. The maximum absolute atomic E-state index is 11.5. The summed E-state index contributed by atoms with van der Waals surface area (Å²) in [5, 5.41) is 0. The summed E-state index contributed by atoms with van der Waals surface area (Å²) in [5.41, 5.74) is 8.25. The molecule has 1 amide bonds. The minimum atomic E-state index is -0.247. The van der Waals surface area contributed by atoms with E-state index in [2.05, 4.69) is 5.48 Å². The lowest BCUT2D eigenvalue weighted by atomic mass is 9.75. The minimum Gasteiger partial charge on any atom is -0.325 e. The van der Waals surface area contributed by atoms with Crippen LogP contribution in [0.25, 0.3) is 0 Å². The Labute approximate surface area is 90.5 Å². The van der Waals surface area contributed by atoms with E-state index in [1.807, 2.05) is 0 Å². The van der Waals surface area contributed by atoms with Crippen molar-refractivity contribution in [1.82, 2.24) is 5.48 Å². The molecule has 0 bridgehead atoms. The summed E-state index contributed by atoms with van der Waals surface area (Å²) in [7, 11) is 0. The summed E-state index contributed by atoms with van der Waals surface area (Å²) < 4.78 is 0. The van der Waals surface area contributed by atoms with Crippen LogP contribution in [0, 0.1) is 0 Å². The molecule has 0 atom stereocenters. The maximum Gasteiger partial charge on any atom is 0.245 e. The highest BCUT2D eigenvalue weighted by Gasteiger charge is 2.34. The van der Waals surface area contributed by atoms with Crippen LogP contribution in [0.4, 0.5) is 0 Å². The minimum absolute atomic E-state index is 0.0656. The first-order chi connectivity index (χ1) is 7.18. The monoisotopic (exact) mass is 212 g/mol. The van der Waals surface area contributed by atoms with Crippen molar-refractivity contribution in [1.29, 1.82) is 0 Å². The van der Waals surface area contributed by atoms with Gasteiger partial charge in [-0.05, 0) is 32.1 Å². The lowest BCUT2D eigenvalue weighted by molar-refractivity contribution is -0.140. The first-order valence-electron chi connectivity index (χ1n) is 5.91. The average molecular weight is 212 g/mol. The number of nitrogens with one attached hydrogen (secondary N) is 1. The second kappa shape index (κ2) is 4.49. The van der Waals surface area contributed by atoms with Crippen molar-refractivity contribution in [3.05, 3.63) is 0 Å². The van der Waals surface area contributed by atoms with E-state index in [-0.39, 0.29) is 17.6 Å². The highest BCUT2D eigenvalue weighted by Crippen LogP contribution is 2.32. The highest BCUT2D eigenvalue weighted by atomic mass is 16.7. The first kappa shape index (κ1) is 10.9. The quantitative estimate of drug-likeness (QED) is 0.689. The number of hydrogen-bond acceptors (Lipinski definition) is 3. The van der Waals surface area contributed by atoms with Gasteiger partial charge in [0.2, 0.25) is 5.91 Å². The molecule has 3 N–H and O–H groups in total. The van der Waals surface area contributed by atoms with Crippen LogP contribution in [-0.4, -0.2) is 17.6 Å². The Morgan fingerprint density at radius 3 is 2.53 bits per heavy atom. The van der Waals surface area contributed by atoms with Crippen molar-refractivity contribution in [2.45, 2.75) is 63.0 Å². The van der Waals surface area contributed by atoms with Gasteiger partial charge in [0.05, 0.1) is 6.10 Å². The molecule has 15 heavy (non-hydrogen) atoms. The summed E-state index contributed by atoms with van der Waals surface area (Å²) >= 11 is 0. The van der Waals surface area contributed by atoms with Gasteiger partial charge in [-0.3, -0.25) is 9.63 Å². The zero-order valence-corrected chi connectivity index (χ0v) is 9.13. The van der Waals surface area contributed by atoms with E-state index < -0.39 is 0 Å². The number of carbonyl (C=O) groups is 1. The highest BCUT2D eigenvalue weighted by molar-refractivity contribution is 5.76. The van der Waals surface area contributed by atoms with Gasteiger partial charge in [0, 0.05) is 12.0 Å². The summed E-state index contributed by atoms with van der Waals surface area (Å²) in [6.45, 7) is 0. The van der Waals surface area contributed by atoms with E-state index in [1.54, 1.807) is 0 Å². The Kier molecular flexibility index (Phi) is 3.26. The first-order valence-corrected chi connectivity index (χ1v) is 5.91. The molecule has 0 aromatic carbocycles. The average Bonchev–Trinajstić information content (AvgIpc) is 2.64. The fourth-order valence-corrected chi connectivity index (χ4v) is 2.32. The van der Waals surface area contributed by atoms with E-state index in [0.29, 0.717) is 6.42 Å². The summed E-state index contributed by atoms with van der Waals surface area (Å²) in [6, 6.07) is 0. The van der Waals surface area contributed by atoms with Crippen LogP contribution >= 0.6 is 0 Å². The van der Waals surface area contributed by atoms with Crippen molar-refractivity contribution in [3.8, 4) is 0 Å². The van der Waals surface area contributed by atoms with Crippen LogP contribution in [0.5, 0.6) is 0 Å². The van der Waals surface area contributed by atoms with E-state index in [0.717, 1.165) is 32.1 Å². The molecule has 0 aromatic rings. The van der Waals surface area contributed by atoms with Gasteiger partial charge in [0.1, 0.15) is 0 Å². The zero-order chi connectivity index (χ0) is 10.7. The van der Waals surface area contributed by atoms with Crippen LogP contribution < -0.4 is 11.2 Å². The SMILES string of the molecule is NC1(CC(=O)NOC2CCCC2)CCC1. The topological polar surface area (TPSA) is 64.4 Å². The number of rotatable bonds is 4. The Bertz CT molecular complexity index is 233. The van der Waals surface area contributed by atoms with Gasteiger partial charge in [-0.25, -0.2) is 5.48 Å². The summed E-state index contributed by atoms with van der Waals surface area (Å²) in [6.07, 6.45) is 8.25. The Hall–Kier alpha value is -0.610. The number of hydroxylamine groups is 1. The molecule has 86 valence electrons. The number of carbonyl (C=O) groups excluding carboxylic acids is 1. The molecule has 0 aliphatic heterocycles. The third-order valence-corrected chi connectivity index (χ3v) is 3.50. The maximum atomic E-state index is 11.5. The van der Waals surface area contributed by atoms with Crippen molar-refractivity contribution in [2.24, 2.45) is 5.73 Å². The molecule has 0 radical (unpaired) electrons. The molecular formula is C11H20N2O2. The van der Waals surface area contributed by atoms with Crippen molar-refractivity contribution in [2.75, 3.05) is 0 Å². The summed E-state index contributed by atoms with van der Waals surface area (Å²) in [4.78, 5) is 16.8. The second-order valence-corrected chi connectivity index (χ2v) is 4.94. The van der Waals surface area contributed by atoms with Crippen molar-refractivity contribution >= 4 is 5.91 Å².